The highest BCUT2D eigenvalue weighted by atomic mass is 16.5. The molecule has 1 aliphatic rings. The molecule has 0 radical (unpaired) electrons. The molecular weight excluding hydrogens is 300 g/mol. The van der Waals surface area contributed by atoms with Crippen molar-refractivity contribution in [2.75, 3.05) is 18.5 Å². The van der Waals surface area contributed by atoms with Crippen LogP contribution in [0.15, 0.2) is 48.8 Å². The number of anilines is 1. The summed E-state index contributed by atoms with van der Waals surface area (Å²) in [5.41, 5.74) is 1.85. The molecule has 0 bridgehead atoms. The largest absolute Gasteiger partial charge is 0.379 e. The van der Waals surface area contributed by atoms with Crippen molar-refractivity contribution in [3.05, 3.63) is 48.8 Å². The highest BCUT2D eigenvalue weighted by Crippen LogP contribution is 2.27. The van der Waals surface area contributed by atoms with Crippen LogP contribution in [0, 0.1) is 5.92 Å². The first-order valence-corrected chi connectivity index (χ1v) is 8.36. The van der Waals surface area contributed by atoms with E-state index in [9.17, 15) is 0 Å². The van der Waals surface area contributed by atoms with Gasteiger partial charge in [0.05, 0.1) is 24.8 Å². The number of fused-ring (bicyclic) bond motifs is 1. The minimum absolute atomic E-state index is 0.287. The SMILES string of the molecule is CCC1COCC1Nc1nc(-c2cccnc2)nc2ccccc12. The van der Waals surface area contributed by atoms with Gasteiger partial charge in [-0.25, -0.2) is 9.97 Å². The maximum atomic E-state index is 5.64. The fourth-order valence-corrected chi connectivity index (χ4v) is 3.15. The van der Waals surface area contributed by atoms with E-state index >= 15 is 0 Å². The summed E-state index contributed by atoms with van der Waals surface area (Å²) in [7, 11) is 0. The van der Waals surface area contributed by atoms with Gasteiger partial charge in [-0.1, -0.05) is 19.1 Å². The van der Waals surface area contributed by atoms with Gasteiger partial charge >= 0.3 is 0 Å². The van der Waals surface area contributed by atoms with Crippen LogP contribution in [0.2, 0.25) is 0 Å². The lowest BCUT2D eigenvalue weighted by molar-refractivity contribution is 0.184. The number of para-hydroxylation sites is 1. The first-order chi connectivity index (χ1) is 11.8. The summed E-state index contributed by atoms with van der Waals surface area (Å²) in [6.45, 7) is 3.74. The minimum Gasteiger partial charge on any atom is -0.379 e. The number of hydrogen-bond donors (Lipinski definition) is 1. The molecule has 2 aromatic heterocycles. The summed E-state index contributed by atoms with van der Waals surface area (Å²) >= 11 is 0. The second-order valence-corrected chi connectivity index (χ2v) is 6.11. The second kappa shape index (κ2) is 6.53. The minimum atomic E-state index is 0.287. The van der Waals surface area contributed by atoms with Crippen LogP contribution < -0.4 is 5.32 Å². The summed E-state index contributed by atoms with van der Waals surface area (Å²) in [5.74, 6) is 2.07. The normalized spacial score (nSPS) is 20.4. The number of nitrogens with zero attached hydrogens (tertiary/aromatic N) is 3. The van der Waals surface area contributed by atoms with Gasteiger partial charge in [0.2, 0.25) is 0 Å². The van der Waals surface area contributed by atoms with Crippen molar-refractivity contribution in [3.8, 4) is 11.4 Å². The van der Waals surface area contributed by atoms with Crippen LogP contribution in [0.4, 0.5) is 5.82 Å². The van der Waals surface area contributed by atoms with E-state index in [4.69, 9.17) is 14.7 Å². The summed E-state index contributed by atoms with van der Waals surface area (Å²) in [5, 5.41) is 4.63. The van der Waals surface area contributed by atoms with Gasteiger partial charge in [0.15, 0.2) is 5.82 Å². The number of hydrogen-bond acceptors (Lipinski definition) is 5. The van der Waals surface area contributed by atoms with Crippen LogP contribution in [0.3, 0.4) is 0 Å². The Morgan fingerprint density at radius 1 is 1.12 bits per heavy atom. The molecule has 3 aromatic rings. The van der Waals surface area contributed by atoms with Crippen molar-refractivity contribution >= 4 is 16.7 Å². The van der Waals surface area contributed by atoms with E-state index in [1.165, 1.54) is 0 Å². The van der Waals surface area contributed by atoms with Gasteiger partial charge < -0.3 is 10.1 Å². The zero-order valence-electron chi connectivity index (χ0n) is 13.6. The molecule has 0 spiro atoms. The van der Waals surface area contributed by atoms with Crippen molar-refractivity contribution in [2.24, 2.45) is 5.92 Å². The standard InChI is InChI=1S/C19H20N4O/c1-2-13-11-24-12-17(13)22-19-15-7-3-4-8-16(15)21-18(23-19)14-6-5-9-20-10-14/h3-10,13,17H,2,11-12H2,1H3,(H,21,22,23). The van der Waals surface area contributed by atoms with E-state index in [-0.39, 0.29) is 6.04 Å². The molecule has 2 unspecified atom stereocenters. The molecule has 0 saturated carbocycles. The van der Waals surface area contributed by atoms with Crippen LogP contribution >= 0.6 is 0 Å². The molecule has 1 fully saturated rings. The van der Waals surface area contributed by atoms with Crippen LogP contribution in [0.5, 0.6) is 0 Å². The van der Waals surface area contributed by atoms with Gasteiger partial charge in [0.25, 0.3) is 0 Å². The van der Waals surface area contributed by atoms with Gasteiger partial charge in [-0.3, -0.25) is 4.98 Å². The predicted octanol–water partition coefficient (Wildman–Crippen LogP) is 3.53. The quantitative estimate of drug-likeness (QED) is 0.797. The maximum Gasteiger partial charge on any atom is 0.163 e. The Bertz CT molecular complexity index is 837. The average Bonchev–Trinajstić information content (AvgIpc) is 3.09. The van der Waals surface area contributed by atoms with E-state index in [1.807, 2.05) is 30.3 Å². The van der Waals surface area contributed by atoms with Crippen LogP contribution in [0.1, 0.15) is 13.3 Å². The Kier molecular flexibility index (Phi) is 4.09. The first kappa shape index (κ1) is 15.0. The Morgan fingerprint density at radius 3 is 2.88 bits per heavy atom. The monoisotopic (exact) mass is 320 g/mol. The fourth-order valence-electron chi connectivity index (χ4n) is 3.15. The van der Waals surface area contributed by atoms with Crippen molar-refractivity contribution < 1.29 is 4.74 Å². The van der Waals surface area contributed by atoms with E-state index in [2.05, 4.69) is 23.3 Å². The maximum absolute atomic E-state index is 5.64. The Morgan fingerprint density at radius 2 is 2.04 bits per heavy atom. The van der Waals surface area contributed by atoms with E-state index in [0.29, 0.717) is 11.7 Å². The summed E-state index contributed by atoms with van der Waals surface area (Å²) in [4.78, 5) is 13.7. The smallest absolute Gasteiger partial charge is 0.163 e. The molecule has 1 N–H and O–H groups in total. The van der Waals surface area contributed by atoms with Crippen LogP contribution in [0.25, 0.3) is 22.3 Å². The zero-order chi connectivity index (χ0) is 16.4. The van der Waals surface area contributed by atoms with Gasteiger partial charge in [-0.05, 0) is 30.7 Å². The number of aromatic nitrogens is 3. The lowest BCUT2D eigenvalue weighted by atomic mass is 10.0. The molecule has 122 valence electrons. The zero-order valence-corrected chi connectivity index (χ0v) is 13.6. The number of benzene rings is 1. The summed E-state index contributed by atoms with van der Waals surface area (Å²) in [6.07, 6.45) is 4.64. The highest BCUT2D eigenvalue weighted by molar-refractivity contribution is 5.90. The number of nitrogens with one attached hydrogen (secondary N) is 1. The van der Waals surface area contributed by atoms with Crippen molar-refractivity contribution in [3.63, 3.8) is 0 Å². The molecule has 5 heteroatoms. The molecule has 1 aromatic carbocycles. The average molecular weight is 320 g/mol. The van der Waals surface area contributed by atoms with E-state index in [0.717, 1.165) is 41.9 Å². The lowest BCUT2D eigenvalue weighted by Crippen LogP contribution is -2.28. The number of ether oxygens (including phenoxy) is 1. The third kappa shape index (κ3) is 2.83. The van der Waals surface area contributed by atoms with Crippen molar-refractivity contribution in [1.82, 2.24) is 15.0 Å². The Balaban J connectivity index is 1.78. The molecular formula is C19H20N4O. The molecule has 1 saturated heterocycles. The van der Waals surface area contributed by atoms with Gasteiger partial charge in [0.1, 0.15) is 5.82 Å². The van der Waals surface area contributed by atoms with Crippen molar-refractivity contribution in [1.29, 1.82) is 0 Å². The third-order valence-electron chi connectivity index (χ3n) is 4.57. The highest BCUT2D eigenvalue weighted by Gasteiger charge is 2.27. The molecule has 5 nitrogen and oxygen atoms in total. The molecule has 1 aliphatic heterocycles. The third-order valence-corrected chi connectivity index (χ3v) is 4.57. The van der Waals surface area contributed by atoms with Gasteiger partial charge in [-0.15, -0.1) is 0 Å². The molecule has 0 aliphatic carbocycles. The Hall–Kier alpha value is -2.53. The lowest BCUT2D eigenvalue weighted by Gasteiger charge is -2.19. The van der Waals surface area contributed by atoms with Crippen LogP contribution in [-0.4, -0.2) is 34.2 Å². The number of rotatable bonds is 4. The van der Waals surface area contributed by atoms with Gasteiger partial charge in [0, 0.05) is 29.3 Å². The second-order valence-electron chi connectivity index (χ2n) is 6.11. The topological polar surface area (TPSA) is 59.9 Å². The van der Waals surface area contributed by atoms with E-state index < -0.39 is 0 Å². The fraction of sp³-hybridized carbons (Fsp3) is 0.316. The molecule has 2 atom stereocenters. The molecule has 4 rings (SSSR count). The predicted molar refractivity (Wildman–Crippen MR) is 94.8 cm³/mol. The summed E-state index contributed by atoms with van der Waals surface area (Å²) < 4.78 is 5.64. The molecule has 0 amide bonds. The van der Waals surface area contributed by atoms with Crippen molar-refractivity contribution in [2.45, 2.75) is 19.4 Å². The molecule has 24 heavy (non-hydrogen) atoms. The first-order valence-electron chi connectivity index (χ1n) is 8.36. The number of pyridine rings is 1. The summed E-state index contributed by atoms with van der Waals surface area (Å²) in [6, 6.07) is 12.3. The van der Waals surface area contributed by atoms with E-state index in [1.54, 1.807) is 12.4 Å². The van der Waals surface area contributed by atoms with Crippen LogP contribution in [-0.2, 0) is 4.74 Å². The van der Waals surface area contributed by atoms with Gasteiger partial charge in [-0.2, -0.15) is 0 Å². The molecule has 3 heterocycles. The Labute approximate surface area is 141 Å².